The molecule has 0 radical (unpaired) electrons. The van der Waals surface area contributed by atoms with Gasteiger partial charge >= 0.3 is 0 Å². The molecule has 2 aliphatic rings. The first kappa shape index (κ1) is 41.5. The zero-order valence-electron chi connectivity index (χ0n) is 30.3. The molecule has 0 unspecified atom stereocenters. The third-order valence-electron chi connectivity index (χ3n) is 9.75. The third kappa shape index (κ3) is 8.56. The third-order valence-corrected chi connectivity index (χ3v) is 13.7. The van der Waals surface area contributed by atoms with Gasteiger partial charge in [0.1, 0.15) is 17.0 Å². The molecule has 4 N–H and O–H groups in total. The summed E-state index contributed by atoms with van der Waals surface area (Å²) in [7, 11) is -3.75. The molecule has 2 aromatic heterocycles. The largest absolute Gasteiger partial charge is 0.451 e. The number of carbonyl (C=O) groups excluding carboxylic acids is 3. The SMILES string of the molecule is NC(=O)c1cc2c(Br)c(N3CCN(C(=O)c4cc(Cl)cc(Cl)c4)CC3)ccc2o1.NC(=O)c1cc2c(Br)c(N3CCN(S(=O)(=O)c4cccc(F)c4)CC3)ccc2o1. The molecule has 4 aromatic carbocycles. The van der Waals surface area contributed by atoms with Gasteiger partial charge in [-0.1, -0.05) is 29.3 Å². The maximum Gasteiger partial charge on any atom is 0.284 e. The second kappa shape index (κ2) is 16.9. The van der Waals surface area contributed by atoms with Gasteiger partial charge in [-0.15, -0.1) is 0 Å². The van der Waals surface area contributed by atoms with E-state index >= 15 is 0 Å². The van der Waals surface area contributed by atoms with E-state index in [0.29, 0.717) is 71.4 Å². The Morgan fingerprint density at radius 3 is 1.60 bits per heavy atom. The van der Waals surface area contributed by atoms with Gasteiger partial charge in [-0.2, -0.15) is 4.31 Å². The number of benzene rings is 4. The maximum absolute atomic E-state index is 13.4. The van der Waals surface area contributed by atoms with Crippen LogP contribution in [0, 0.1) is 5.82 Å². The number of nitrogens with two attached hydrogens (primary N) is 2. The molecule has 58 heavy (non-hydrogen) atoms. The molecule has 302 valence electrons. The van der Waals surface area contributed by atoms with Crippen LogP contribution in [0.5, 0.6) is 0 Å². The molecule has 19 heteroatoms. The van der Waals surface area contributed by atoms with Gasteiger partial charge in [0.25, 0.3) is 17.7 Å². The van der Waals surface area contributed by atoms with Crippen molar-refractivity contribution in [1.29, 1.82) is 0 Å². The Balaban J connectivity index is 0.000000177. The van der Waals surface area contributed by atoms with Crippen molar-refractivity contribution in [2.75, 3.05) is 62.2 Å². The van der Waals surface area contributed by atoms with E-state index in [-0.39, 0.29) is 35.4 Å². The summed E-state index contributed by atoms with van der Waals surface area (Å²) in [5.74, 6) is -1.74. The number of furan rings is 2. The lowest BCUT2D eigenvalue weighted by atomic mass is 10.1. The molecule has 2 saturated heterocycles. The highest BCUT2D eigenvalue weighted by Gasteiger charge is 2.30. The molecule has 4 heterocycles. The number of primary amides is 2. The van der Waals surface area contributed by atoms with Gasteiger partial charge in [-0.05, 0) is 105 Å². The monoisotopic (exact) mass is 976 g/mol. The van der Waals surface area contributed by atoms with Gasteiger partial charge in [-0.25, -0.2) is 12.8 Å². The topological polar surface area (TPSA) is 177 Å². The highest BCUT2D eigenvalue weighted by Crippen LogP contribution is 2.38. The lowest BCUT2D eigenvalue weighted by molar-refractivity contribution is 0.0746. The Morgan fingerprint density at radius 1 is 0.655 bits per heavy atom. The molecule has 8 rings (SSSR count). The summed E-state index contributed by atoms with van der Waals surface area (Å²) in [5.41, 5.74) is 14.0. The Labute approximate surface area is 358 Å². The van der Waals surface area contributed by atoms with E-state index in [2.05, 4.69) is 36.8 Å². The van der Waals surface area contributed by atoms with Gasteiger partial charge in [0, 0.05) is 78.7 Å². The van der Waals surface area contributed by atoms with Gasteiger partial charge in [0.05, 0.1) is 25.2 Å². The van der Waals surface area contributed by atoms with E-state index in [1.807, 2.05) is 23.1 Å². The Morgan fingerprint density at radius 2 is 1.14 bits per heavy atom. The second-order valence-electron chi connectivity index (χ2n) is 13.4. The van der Waals surface area contributed by atoms with Crippen LogP contribution in [-0.4, -0.2) is 87.7 Å². The number of hydrogen-bond acceptors (Lipinski definition) is 9. The van der Waals surface area contributed by atoms with Crippen LogP contribution >= 0.6 is 55.1 Å². The van der Waals surface area contributed by atoms with Crippen LogP contribution in [0.1, 0.15) is 31.5 Å². The molecular formula is C39H33Br2Cl2FN6O7S. The number of hydrogen-bond donors (Lipinski definition) is 2. The first-order chi connectivity index (χ1) is 27.6. The average Bonchev–Trinajstić information content (AvgIpc) is 3.85. The molecule has 2 fully saturated rings. The van der Waals surface area contributed by atoms with Crippen LogP contribution in [0.25, 0.3) is 21.9 Å². The first-order valence-electron chi connectivity index (χ1n) is 17.7. The van der Waals surface area contributed by atoms with E-state index in [1.54, 1.807) is 41.3 Å². The number of piperazine rings is 2. The first-order valence-corrected chi connectivity index (χ1v) is 21.4. The van der Waals surface area contributed by atoms with Crippen molar-refractivity contribution in [2.45, 2.75) is 4.90 Å². The Bertz CT molecular complexity index is 2680. The predicted molar refractivity (Wildman–Crippen MR) is 227 cm³/mol. The lowest BCUT2D eigenvalue weighted by Gasteiger charge is -2.36. The lowest BCUT2D eigenvalue weighted by Crippen LogP contribution is -2.48. The summed E-state index contributed by atoms with van der Waals surface area (Å²) in [4.78, 5) is 41.5. The Hall–Kier alpha value is -4.65. The maximum atomic E-state index is 13.4. The van der Waals surface area contributed by atoms with Crippen LogP contribution in [0.15, 0.2) is 102 Å². The van der Waals surface area contributed by atoms with Crippen LogP contribution in [0.3, 0.4) is 0 Å². The van der Waals surface area contributed by atoms with Crippen molar-refractivity contribution in [3.05, 3.63) is 121 Å². The number of carbonyl (C=O) groups is 3. The summed E-state index contributed by atoms with van der Waals surface area (Å²) >= 11 is 19.2. The smallest absolute Gasteiger partial charge is 0.284 e. The van der Waals surface area contributed by atoms with Crippen LogP contribution < -0.4 is 21.3 Å². The van der Waals surface area contributed by atoms with Gasteiger partial charge in [0.15, 0.2) is 11.5 Å². The van der Waals surface area contributed by atoms with Gasteiger partial charge in [0.2, 0.25) is 10.0 Å². The number of amides is 3. The molecule has 2 aliphatic heterocycles. The van der Waals surface area contributed by atoms with Gasteiger partial charge in [-0.3, -0.25) is 14.4 Å². The number of nitrogens with zero attached hydrogens (tertiary/aromatic N) is 4. The minimum atomic E-state index is -3.75. The van der Waals surface area contributed by atoms with Gasteiger partial charge < -0.3 is 35.0 Å². The van der Waals surface area contributed by atoms with E-state index in [0.717, 1.165) is 31.8 Å². The average molecular weight is 980 g/mol. The molecule has 6 aromatic rings. The molecule has 0 spiro atoms. The summed E-state index contributed by atoms with van der Waals surface area (Å²) in [6.07, 6.45) is 0. The quantitative estimate of drug-likeness (QED) is 0.164. The summed E-state index contributed by atoms with van der Waals surface area (Å²) < 4.78 is 52.8. The number of anilines is 2. The van der Waals surface area contributed by atoms with Crippen LogP contribution in [0.2, 0.25) is 10.0 Å². The molecular weight excluding hydrogens is 946 g/mol. The highest BCUT2D eigenvalue weighted by atomic mass is 79.9. The number of rotatable bonds is 7. The molecule has 0 bridgehead atoms. The van der Waals surface area contributed by atoms with Crippen molar-refractivity contribution in [1.82, 2.24) is 9.21 Å². The predicted octanol–water partition coefficient (Wildman–Crippen LogP) is 7.51. The minimum Gasteiger partial charge on any atom is -0.451 e. The van der Waals surface area contributed by atoms with Crippen molar-refractivity contribution in [3.63, 3.8) is 0 Å². The fraction of sp³-hybridized carbons (Fsp3) is 0.205. The van der Waals surface area contributed by atoms with Crippen molar-refractivity contribution in [3.8, 4) is 0 Å². The molecule has 13 nitrogen and oxygen atoms in total. The van der Waals surface area contributed by atoms with Crippen molar-refractivity contribution in [2.24, 2.45) is 11.5 Å². The summed E-state index contributed by atoms with van der Waals surface area (Å²) in [6, 6.07) is 20.4. The normalized spacial score (nSPS) is 15.1. The van der Waals surface area contributed by atoms with Crippen molar-refractivity contribution < 1.29 is 36.0 Å². The number of fused-ring (bicyclic) bond motifs is 2. The standard InChI is InChI=1S/C20H16BrCl2N3O3.C19H17BrFN3O4S/c21-18-14-10-17(19(24)27)29-16(14)2-1-15(18)25-3-5-26(6-4-25)20(28)11-7-12(22)9-13(23)8-11;20-18-14-11-17(19(22)25)28-16(14)5-4-15(18)23-6-8-24(9-7-23)29(26,27)13-3-1-2-12(21)10-13/h1-2,7-10H,3-6H2,(H2,24,27);1-5,10-11H,6-9H2,(H2,22,25). The Kier molecular flexibility index (Phi) is 12.1. The fourth-order valence-corrected chi connectivity index (χ4v) is 10.2. The number of sulfonamides is 1. The minimum absolute atomic E-state index is 0.0501. The molecule has 0 saturated carbocycles. The summed E-state index contributed by atoms with van der Waals surface area (Å²) in [5, 5.41) is 2.37. The zero-order chi connectivity index (χ0) is 41.5. The van der Waals surface area contributed by atoms with Crippen LogP contribution in [0.4, 0.5) is 15.8 Å². The van der Waals surface area contributed by atoms with E-state index in [9.17, 15) is 27.2 Å². The molecule has 0 atom stereocenters. The second-order valence-corrected chi connectivity index (χ2v) is 17.8. The van der Waals surface area contributed by atoms with E-state index in [1.165, 1.54) is 22.5 Å². The highest BCUT2D eigenvalue weighted by molar-refractivity contribution is 9.11. The summed E-state index contributed by atoms with van der Waals surface area (Å²) in [6.45, 7) is 3.88. The van der Waals surface area contributed by atoms with E-state index < -0.39 is 27.7 Å². The van der Waals surface area contributed by atoms with E-state index in [4.69, 9.17) is 43.5 Å². The molecule has 3 amide bonds. The number of halogens is 5. The molecule has 0 aliphatic carbocycles. The van der Waals surface area contributed by atoms with Crippen molar-refractivity contribution >= 4 is 116 Å². The van der Waals surface area contributed by atoms with Crippen LogP contribution in [-0.2, 0) is 10.0 Å². The fourth-order valence-electron chi connectivity index (χ4n) is 6.82. The zero-order valence-corrected chi connectivity index (χ0v) is 35.8.